The average molecular weight is 224 g/mol. The molecule has 1 aromatic heterocycles. The fourth-order valence-corrected chi connectivity index (χ4v) is 2.83. The number of hydrogen-bond acceptors (Lipinski definition) is 3. The number of thiophene rings is 1. The Hall–Kier alpha value is -0.380. The Balaban J connectivity index is 1.73. The van der Waals surface area contributed by atoms with Crippen molar-refractivity contribution < 1.29 is 0 Å². The molecule has 1 atom stereocenters. The quantitative estimate of drug-likeness (QED) is 0.820. The van der Waals surface area contributed by atoms with Crippen molar-refractivity contribution >= 4 is 11.3 Å². The molecule has 1 aromatic rings. The zero-order valence-corrected chi connectivity index (χ0v) is 10.1. The van der Waals surface area contributed by atoms with Gasteiger partial charge >= 0.3 is 0 Å². The third kappa shape index (κ3) is 3.30. The minimum absolute atomic E-state index is 0.514. The fourth-order valence-electron chi connectivity index (χ4n) is 2.07. The summed E-state index contributed by atoms with van der Waals surface area (Å²) in [7, 11) is 0. The summed E-state index contributed by atoms with van der Waals surface area (Å²) in [5.74, 6) is 0.869. The molecule has 2 nitrogen and oxygen atoms in total. The van der Waals surface area contributed by atoms with Gasteiger partial charge in [0.05, 0.1) is 0 Å². The van der Waals surface area contributed by atoms with Crippen molar-refractivity contribution in [3.05, 3.63) is 22.4 Å². The van der Waals surface area contributed by atoms with E-state index in [-0.39, 0.29) is 0 Å². The summed E-state index contributed by atoms with van der Waals surface area (Å²) < 4.78 is 0. The van der Waals surface area contributed by atoms with Crippen LogP contribution < -0.4 is 10.6 Å². The van der Waals surface area contributed by atoms with Crippen LogP contribution in [0.4, 0.5) is 0 Å². The largest absolute Gasteiger partial charge is 0.317 e. The summed E-state index contributed by atoms with van der Waals surface area (Å²) >= 11 is 1.84. The van der Waals surface area contributed by atoms with Crippen LogP contribution in [0.25, 0.3) is 0 Å². The van der Waals surface area contributed by atoms with Gasteiger partial charge in [0.25, 0.3) is 0 Å². The topological polar surface area (TPSA) is 24.1 Å². The number of rotatable bonds is 4. The van der Waals surface area contributed by atoms with Crippen LogP contribution in [0.1, 0.15) is 30.7 Å². The first-order valence-corrected chi connectivity index (χ1v) is 6.71. The molecular formula is C12H20N2S. The van der Waals surface area contributed by atoms with Crippen LogP contribution in [0, 0.1) is 5.92 Å². The van der Waals surface area contributed by atoms with Crippen molar-refractivity contribution in [3.8, 4) is 0 Å². The van der Waals surface area contributed by atoms with Crippen molar-refractivity contribution in [1.29, 1.82) is 0 Å². The number of piperidine rings is 1. The van der Waals surface area contributed by atoms with Crippen LogP contribution in [-0.2, 0) is 0 Å². The summed E-state index contributed by atoms with van der Waals surface area (Å²) in [6.45, 7) is 5.81. The van der Waals surface area contributed by atoms with Gasteiger partial charge in [0.2, 0.25) is 0 Å². The Morgan fingerprint density at radius 3 is 3.00 bits per heavy atom. The summed E-state index contributed by atoms with van der Waals surface area (Å²) in [6.07, 6.45) is 2.65. The standard InChI is InChI=1S/C12H20N2S/c1-10(12-3-2-8-15-12)14-9-11-4-6-13-7-5-11/h2-3,8,10-11,13-14H,4-7,9H2,1H3/t10-/m1/s1. The van der Waals surface area contributed by atoms with Crippen LogP contribution in [-0.4, -0.2) is 19.6 Å². The van der Waals surface area contributed by atoms with Gasteiger partial charge in [-0.25, -0.2) is 0 Å². The van der Waals surface area contributed by atoms with Crippen LogP contribution in [0.15, 0.2) is 17.5 Å². The smallest absolute Gasteiger partial charge is 0.0386 e. The van der Waals surface area contributed by atoms with E-state index in [1.807, 2.05) is 11.3 Å². The maximum absolute atomic E-state index is 3.64. The third-order valence-corrected chi connectivity index (χ3v) is 4.20. The first-order chi connectivity index (χ1) is 7.36. The predicted octanol–water partition coefficient (Wildman–Crippen LogP) is 2.40. The van der Waals surface area contributed by atoms with Crippen molar-refractivity contribution in [2.75, 3.05) is 19.6 Å². The minimum atomic E-state index is 0.514. The molecule has 0 aromatic carbocycles. The zero-order valence-electron chi connectivity index (χ0n) is 9.33. The van der Waals surface area contributed by atoms with Gasteiger partial charge in [0.1, 0.15) is 0 Å². The van der Waals surface area contributed by atoms with Gasteiger partial charge in [-0.1, -0.05) is 6.07 Å². The summed E-state index contributed by atoms with van der Waals surface area (Å²) in [5, 5.41) is 9.19. The van der Waals surface area contributed by atoms with Gasteiger partial charge in [-0.05, 0) is 56.8 Å². The van der Waals surface area contributed by atoms with Crippen molar-refractivity contribution in [2.24, 2.45) is 5.92 Å². The SMILES string of the molecule is C[C@@H](NCC1CCNCC1)c1cccs1. The second-order valence-corrected chi connectivity index (χ2v) is 5.32. The number of nitrogens with one attached hydrogen (secondary N) is 2. The van der Waals surface area contributed by atoms with Gasteiger partial charge in [0, 0.05) is 10.9 Å². The molecule has 1 fully saturated rings. The van der Waals surface area contributed by atoms with Gasteiger partial charge in [-0.3, -0.25) is 0 Å². The molecule has 1 aliphatic heterocycles. The van der Waals surface area contributed by atoms with Gasteiger partial charge in [-0.2, -0.15) is 0 Å². The molecule has 1 saturated heterocycles. The molecule has 2 rings (SSSR count). The van der Waals surface area contributed by atoms with Gasteiger partial charge in [-0.15, -0.1) is 11.3 Å². The van der Waals surface area contributed by atoms with Crippen molar-refractivity contribution in [3.63, 3.8) is 0 Å². The molecule has 15 heavy (non-hydrogen) atoms. The lowest BCUT2D eigenvalue weighted by Crippen LogP contribution is -2.34. The Morgan fingerprint density at radius 2 is 2.33 bits per heavy atom. The predicted molar refractivity (Wildman–Crippen MR) is 66.3 cm³/mol. The molecule has 0 radical (unpaired) electrons. The Bertz CT molecular complexity index is 265. The van der Waals surface area contributed by atoms with E-state index in [9.17, 15) is 0 Å². The van der Waals surface area contributed by atoms with E-state index in [0.717, 1.165) is 5.92 Å². The van der Waals surface area contributed by atoms with E-state index in [1.165, 1.54) is 37.4 Å². The zero-order chi connectivity index (χ0) is 10.5. The Morgan fingerprint density at radius 1 is 1.53 bits per heavy atom. The van der Waals surface area contributed by atoms with Crippen molar-refractivity contribution in [2.45, 2.75) is 25.8 Å². The molecule has 0 amide bonds. The maximum Gasteiger partial charge on any atom is 0.0386 e. The monoisotopic (exact) mass is 224 g/mol. The average Bonchev–Trinajstić information content (AvgIpc) is 2.81. The highest BCUT2D eigenvalue weighted by molar-refractivity contribution is 7.10. The molecule has 0 bridgehead atoms. The second kappa shape index (κ2) is 5.64. The summed E-state index contributed by atoms with van der Waals surface area (Å²) in [5.41, 5.74) is 0. The van der Waals surface area contributed by atoms with Gasteiger partial charge in [0.15, 0.2) is 0 Å². The first kappa shape index (κ1) is 11.1. The van der Waals surface area contributed by atoms with Crippen LogP contribution >= 0.6 is 11.3 Å². The Kier molecular flexibility index (Phi) is 4.18. The van der Waals surface area contributed by atoms with E-state index in [2.05, 4.69) is 35.1 Å². The molecule has 0 saturated carbocycles. The summed E-state index contributed by atoms with van der Waals surface area (Å²) in [6, 6.07) is 4.85. The molecule has 0 aliphatic carbocycles. The number of hydrogen-bond donors (Lipinski definition) is 2. The lowest BCUT2D eigenvalue weighted by atomic mass is 9.98. The highest BCUT2D eigenvalue weighted by atomic mass is 32.1. The molecule has 1 aliphatic rings. The van der Waals surface area contributed by atoms with E-state index < -0.39 is 0 Å². The molecule has 0 unspecified atom stereocenters. The Labute approximate surface area is 96.1 Å². The lowest BCUT2D eigenvalue weighted by Gasteiger charge is -2.24. The fraction of sp³-hybridized carbons (Fsp3) is 0.667. The molecule has 0 spiro atoms. The highest BCUT2D eigenvalue weighted by Gasteiger charge is 2.14. The van der Waals surface area contributed by atoms with Crippen LogP contribution in [0.5, 0.6) is 0 Å². The van der Waals surface area contributed by atoms with E-state index >= 15 is 0 Å². The van der Waals surface area contributed by atoms with E-state index in [0.29, 0.717) is 6.04 Å². The maximum atomic E-state index is 3.64. The summed E-state index contributed by atoms with van der Waals surface area (Å²) in [4.78, 5) is 1.45. The molecule has 2 heterocycles. The van der Waals surface area contributed by atoms with Gasteiger partial charge < -0.3 is 10.6 Å². The molecular weight excluding hydrogens is 204 g/mol. The third-order valence-electron chi connectivity index (χ3n) is 3.14. The second-order valence-electron chi connectivity index (χ2n) is 4.34. The van der Waals surface area contributed by atoms with Crippen molar-refractivity contribution in [1.82, 2.24) is 10.6 Å². The molecule has 2 N–H and O–H groups in total. The van der Waals surface area contributed by atoms with E-state index in [4.69, 9.17) is 0 Å². The van der Waals surface area contributed by atoms with Crippen LogP contribution in [0.3, 0.4) is 0 Å². The normalized spacial score (nSPS) is 20.3. The van der Waals surface area contributed by atoms with E-state index in [1.54, 1.807) is 0 Å². The molecule has 84 valence electrons. The van der Waals surface area contributed by atoms with Crippen LogP contribution in [0.2, 0.25) is 0 Å². The lowest BCUT2D eigenvalue weighted by molar-refractivity contribution is 0.346. The molecule has 3 heteroatoms. The first-order valence-electron chi connectivity index (χ1n) is 5.84. The minimum Gasteiger partial charge on any atom is -0.317 e. The highest BCUT2D eigenvalue weighted by Crippen LogP contribution is 2.19.